The predicted octanol–water partition coefficient (Wildman–Crippen LogP) is 3.12. The zero-order valence-electron chi connectivity index (χ0n) is 17.0. The lowest BCUT2D eigenvalue weighted by Crippen LogP contribution is -2.45. The lowest BCUT2D eigenvalue weighted by atomic mass is 10.2. The maximum atomic E-state index is 13.3. The molecule has 9 heteroatoms. The lowest BCUT2D eigenvalue weighted by Gasteiger charge is -2.33. The number of nitrogens with one attached hydrogen (secondary N) is 1. The van der Waals surface area contributed by atoms with E-state index in [4.69, 9.17) is 9.97 Å². The molecule has 0 aliphatic carbocycles. The Balaban J connectivity index is 1.60. The quantitative estimate of drug-likeness (QED) is 0.543. The summed E-state index contributed by atoms with van der Waals surface area (Å²) in [5.74, 6) is 1.26. The Kier molecular flexibility index (Phi) is 5.09. The number of fused-ring (bicyclic) bond motifs is 1. The molecule has 4 aromatic rings. The van der Waals surface area contributed by atoms with Crippen molar-refractivity contribution in [2.75, 3.05) is 43.4 Å². The third-order valence-corrected chi connectivity index (χ3v) is 5.24. The Morgan fingerprint density at radius 3 is 2.32 bits per heavy atom. The van der Waals surface area contributed by atoms with Crippen LogP contribution in [-0.4, -0.2) is 63.3 Å². The molecule has 1 aliphatic rings. The summed E-state index contributed by atoms with van der Waals surface area (Å²) in [6, 6.07) is 15.8. The molecule has 5 rings (SSSR count). The van der Waals surface area contributed by atoms with Gasteiger partial charge in [-0.15, -0.1) is 10.2 Å². The summed E-state index contributed by atoms with van der Waals surface area (Å²) in [5.41, 5.74) is 2.56. The van der Waals surface area contributed by atoms with E-state index in [1.807, 2.05) is 30.3 Å². The first-order chi connectivity index (χ1) is 15.2. The molecule has 31 heavy (non-hydrogen) atoms. The highest BCUT2D eigenvalue weighted by molar-refractivity contribution is 5.85. The van der Waals surface area contributed by atoms with Crippen molar-refractivity contribution < 1.29 is 4.39 Å². The first kappa shape index (κ1) is 19.3. The molecule has 156 valence electrons. The fraction of sp³-hybridized carbons (Fsp3) is 0.227. The monoisotopic (exact) mass is 416 g/mol. The fourth-order valence-corrected chi connectivity index (χ4v) is 3.49. The molecule has 0 bridgehead atoms. The minimum Gasteiger partial charge on any atom is -0.352 e. The van der Waals surface area contributed by atoms with E-state index in [1.165, 1.54) is 12.1 Å². The van der Waals surface area contributed by atoms with Crippen molar-refractivity contribution in [3.63, 3.8) is 0 Å². The molecule has 0 atom stereocenters. The second-order valence-electron chi connectivity index (χ2n) is 7.47. The third-order valence-electron chi connectivity index (χ3n) is 5.24. The molecule has 0 saturated carbocycles. The van der Waals surface area contributed by atoms with Gasteiger partial charge in [-0.05, 0) is 43.4 Å². The molecule has 3 heterocycles. The van der Waals surface area contributed by atoms with Crippen LogP contribution in [0.3, 0.4) is 0 Å². The number of para-hydroxylation sites is 1. The van der Waals surface area contributed by atoms with E-state index >= 15 is 0 Å². The molecule has 1 saturated heterocycles. The number of benzene rings is 2. The molecule has 0 spiro atoms. The summed E-state index contributed by atoms with van der Waals surface area (Å²) >= 11 is 0. The van der Waals surface area contributed by atoms with Crippen molar-refractivity contribution in [1.29, 1.82) is 0 Å². The molecule has 8 nitrogen and oxygen atoms in total. The minimum absolute atomic E-state index is 0.310. The van der Waals surface area contributed by atoms with Gasteiger partial charge in [0.25, 0.3) is 0 Å². The number of nitrogens with zero attached hydrogens (tertiary/aromatic N) is 7. The Morgan fingerprint density at radius 2 is 1.58 bits per heavy atom. The van der Waals surface area contributed by atoms with E-state index in [1.54, 1.807) is 12.1 Å². The number of halogens is 1. The number of piperazine rings is 1. The number of hydrogen-bond donors (Lipinski definition) is 1. The standard InChI is InChI=1S/C22H21FN8/c1-30-11-13-31(14-12-30)21-18-20(26-22(27-21)24-17-5-3-2-4-6-17)29-28-19(25-18)15-7-9-16(23)10-8-15/h2-10H,11-14H2,1H3,(H,24,26,27,29). The van der Waals surface area contributed by atoms with Gasteiger partial charge in [0, 0.05) is 37.4 Å². The van der Waals surface area contributed by atoms with Gasteiger partial charge in [-0.2, -0.15) is 9.97 Å². The smallest absolute Gasteiger partial charge is 0.231 e. The van der Waals surface area contributed by atoms with Gasteiger partial charge in [0.1, 0.15) is 5.82 Å². The van der Waals surface area contributed by atoms with Gasteiger partial charge in [-0.25, -0.2) is 9.37 Å². The van der Waals surface area contributed by atoms with Gasteiger partial charge in [-0.3, -0.25) is 0 Å². The summed E-state index contributed by atoms with van der Waals surface area (Å²) in [5, 5.41) is 11.8. The van der Waals surface area contributed by atoms with Crippen molar-refractivity contribution in [3.8, 4) is 11.4 Å². The minimum atomic E-state index is -0.310. The molecule has 0 unspecified atom stereocenters. The van der Waals surface area contributed by atoms with Crippen molar-refractivity contribution in [1.82, 2.24) is 30.0 Å². The summed E-state index contributed by atoms with van der Waals surface area (Å²) in [7, 11) is 2.11. The van der Waals surface area contributed by atoms with Crippen molar-refractivity contribution >= 4 is 28.6 Å². The third kappa shape index (κ3) is 4.13. The van der Waals surface area contributed by atoms with Crippen LogP contribution in [0.4, 0.5) is 21.8 Å². The molecule has 1 N–H and O–H groups in total. The Hall–Kier alpha value is -3.72. The highest BCUT2D eigenvalue weighted by Gasteiger charge is 2.21. The predicted molar refractivity (Wildman–Crippen MR) is 118 cm³/mol. The zero-order valence-corrected chi connectivity index (χ0v) is 17.0. The first-order valence-electron chi connectivity index (χ1n) is 10.1. The molecular weight excluding hydrogens is 395 g/mol. The van der Waals surface area contributed by atoms with Gasteiger partial charge in [-0.1, -0.05) is 18.2 Å². The summed E-state index contributed by atoms with van der Waals surface area (Å²) in [4.78, 5) is 18.5. The summed E-state index contributed by atoms with van der Waals surface area (Å²) in [6.45, 7) is 3.50. The van der Waals surface area contributed by atoms with Crippen LogP contribution in [0.5, 0.6) is 0 Å². The Labute approximate surface area is 178 Å². The molecule has 2 aromatic heterocycles. The topological polar surface area (TPSA) is 83.0 Å². The van der Waals surface area contributed by atoms with Gasteiger partial charge < -0.3 is 15.1 Å². The Morgan fingerprint density at radius 1 is 0.839 bits per heavy atom. The molecule has 1 aliphatic heterocycles. The summed E-state index contributed by atoms with van der Waals surface area (Å²) in [6.07, 6.45) is 0. The van der Waals surface area contributed by atoms with Crippen LogP contribution < -0.4 is 10.2 Å². The van der Waals surface area contributed by atoms with Crippen LogP contribution in [0.15, 0.2) is 54.6 Å². The molecular formula is C22H21FN8. The molecule has 2 aromatic carbocycles. The number of anilines is 3. The van der Waals surface area contributed by atoms with E-state index in [9.17, 15) is 4.39 Å². The number of aromatic nitrogens is 5. The van der Waals surface area contributed by atoms with Crippen LogP contribution in [0.1, 0.15) is 0 Å². The maximum Gasteiger partial charge on any atom is 0.231 e. The van der Waals surface area contributed by atoms with Crippen LogP contribution in [0, 0.1) is 5.82 Å². The molecule has 0 radical (unpaired) electrons. The van der Waals surface area contributed by atoms with Crippen molar-refractivity contribution in [3.05, 3.63) is 60.4 Å². The van der Waals surface area contributed by atoms with Gasteiger partial charge >= 0.3 is 0 Å². The molecule has 0 amide bonds. The van der Waals surface area contributed by atoms with Gasteiger partial charge in [0.15, 0.2) is 17.2 Å². The fourth-order valence-electron chi connectivity index (χ4n) is 3.49. The maximum absolute atomic E-state index is 13.3. The first-order valence-corrected chi connectivity index (χ1v) is 10.1. The SMILES string of the molecule is CN1CCN(c2nc(Nc3ccccc3)nc3nnc(-c4ccc(F)cc4)nc23)CC1. The normalized spacial score (nSPS) is 14.7. The largest absolute Gasteiger partial charge is 0.352 e. The van der Waals surface area contributed by atoms with E-state index < -0.39 is 0 Å². The van der Waals surface area contributed by atoms with E-state index in [0.717, 1.165) is 37.7 Å². The summed E-state index contributed by atoms with van der Waals surface area (Å²) < 4.78 is 13.3. The van der Waals surface area contributed by atoms with Crippen molar-refractivity contribution in [2.24, 2.45) is 0 Å². The van der Waals surface area contributed by atoms with Crippen LogP contribution in [0.25, 0.3) is 22.6 Å². The van der Waals surface area contributed by atoms with Crippen LogP contribution in [-0.2, 0) is 0 Å². The Bertz CT molecular complexity index is 1190. The highest BCUT2D eigenvalue weighted by Crippen LogP contribution is 2.26. The average molecular weight is 416 g/mol. The number of rotatable bonds is 4. The molecule has 1 fully saturated rings. The van der Waals surface area contributed by atoms with E-state index in [0.29, 0.717) is 28.5 Å². The zero-order chi connectivity index (χ0) is 21.2. The highest BCUT2D eigenvalue weighted by atomic mass is 19.1. The van der Waals surface area contributed by atoms with E-state index in [-0.39, 0.29) is 5.82 Å². The van der Waals surface area contributed by atoms with Gasteiger partial charge in [0.05, 0.1) is 0 Å². The second-order valence-corrected chi connectivity index (χ2v) is 7.47. The second kappa shape index (κ2) is 8.19. The average Bonchev–Trinajstić information content (AvgIpc) is 2.80. The van der Waals surface area contributed by atoms with Crippen molar-refractivity contribution in [2.45, 2.75) is 0 Å². The lowest BCUT2D eigenvalue weighted by molar-refractivity contribution is 0.312. The van der Waals surface area contributed by atoms with Crippen LogP contribution in [0.2, 0.25) is 0 Å². The van der Waals surface area contributed by atoms with Gasteiger partial charge in [0.2, 0.25) is 11.6 Å². The number of hydrogen-bond acceptors (Lipinski definition) is 8. The van der Waals surface area contributed by atoms with E-state index in [2.05, 4.69) is 37.3 Å². The van der Waals surface area contributed by atoms with Crippen LogP contribution >= 0.6 is 0 Å². The number of likely N-dealkylation sites (N-methyl/N-ethyl adjacent to an activating group) is 1.